The van der Waals surface area contributed by atoms with E-state index in [9.17, 15) is 13.5 Å². The number of aliphatic hydroxyl groups excluding tert-OH is 1. The quantitative estimate of drug-likeness (QED) is 0.829. The molecule has 0 aromatic heterocycles. The van der Waals surface area contributed by atoms with Gasteiger partial charge in [-0.3, -0.25) is 0 Å². The van der Waals surface area contributed by atoms with Crippen molar-refractivity contribution in [3.8, 4) is 0 Å². The zero-order chi connectivity index (χ0) is 14.8. The third-order valence-electron chi connectivity index (χ3n) is 4.68. The van der Waals surface area contributed by atoms with Crippen molar-refractivity contribution < 1.29 is 18.3 Å². The Morgan fingerprint density at radius 2 is 2.15 bits per heavy atom. The monoisotopic (exact) mass is 305 g/mol. The first kappa shape index (κ1) is 16.2. The molecule has 20 heavy (non-hydrogen) atoms. The fourth-order valence-corrected chi connectivity index (χ4v) is 4.50. The lowest BCUT2D eigenvalue weighted by molar-refractivity contribution is 0.0163. The van der Waals surface area contributed by atoms with Gasteiger partial charge in [0, 0.05) is 25.6 Å². The zero-order valence-electron chi connectivity index (χ0n) is 12.5. The molecule has 0 saturated carbocycles. The van der Waals surface area contributed by atoms with Crippen molar-refractivity contribution in [2.24, 2.45) is 11.8 Å². The highest BCUT2D eigenvalue weighted by Gasteiger charge is 2.35. The minimum absolute atomic E-state index is 0.166. The summed E-state index contributed by atoms with van der Waals surface area (Å²) >= 11 is 0. The van der Waals surface area contributed by atoms with Gasteiger partial charge in [0.05, 0.1) is 18.5 Å². The summed E-state index contributed by atoms with van der Waals surface area (Å²) in [5.41, 5.74) is 0. The Morgan fingerprint density at radius 1 is 1.40 bits per heavy atom. The highest BCUT2D eigenvalue weighted by molar-refractivity contribution is 7.88. The van der Waals surface area contributed by atoms with E-state index in [1.54, 1.807) is 4.31 Å². The van der Waals surface area contributed by atoms with E-state index < -0.39 is 10.0 Å². The van der Waals surface area contributed by atoms with Gasteiger partial charge in [0.25, 0.3) is 0 Å². The lowest BCUT2D eigenvalue weighted by Gasteiger charge is -2.33. The van der Waals surface area contributed by atoms with Gasteiger partial charge in [0.15, 0.2) is 0 Å². The molecule has 2 rings (SSSR count). The molecule has 2 fully saturated rings. The smallest absolute Gasteiger partial charge is 0.211 e. The molecule has 0 amide bonds. The van der Waals surface area contributed by atoms with Gasteiger partial charge in [-0.1, -0.05) is 6.92 Å². The van der Waals surface area contributed by atoms with Gasteiger partial charge in [-0.2, -0.15) is 0 Å². The summed E-state index contributed by atoms with van der Waals surface area (Å²) in [6, 6.07) is 0. The molecule has 0 aliphatic carbocycles. The predicted molar refractivity (Wildman–Crippen MR) is 77.9 cm³/mol. The van der Waals surface area contributed by atoms with Crippen molar-refractivity contribution >= 4 is 10.0 Å². The second kappa shape index (κ2) is 6.73. The molecular weight excluding hydrogens is 278 g/mol. The first-order valence-corrected chi connectivity index (χ1v) is 9.51. The van der Waals surface area contributed by atoms with Crippen LogP contribution in [-0.2, 0) is 14.8 Å². The average Bonchev–Trinajstić information content (AvgIpc) is 2.86. The van der Waals surface area contributed by atoms with Crippen molar-refractivity contribution in [3.05, 3.63) is 0 Å². The van der Waals surface area contributed by atoms with Crippen molar-refractivity contribution in [2.75, 3.05) is 26.0 Å². The van der Waals surface area contributed by atoms with Gasteiger partial charge < -0.3 is 9.84 Å². The lowest BCUT2D eigenvalue weighted by Crippen LogP contribution is -2.41. The number of piperidine rings is 1. The molecule has 2 heterocycles. The van der Waals surface area contributed by atoms with Crippen molar-refractivity contribution in [1.82, 2.24) is 4.31 Å². The van der Waals surface area contributed by atoms with E-state index in [4.69, 9.17) is 4.74 Å². The normalized spacial score (nSPS) is 34.2. The predicted octanol–water partition coefficient (Wildman–Crippen LogP) is 1.22. The molecule has 0 radical (unpaired) electrons. The molecular formula is C14H27NO4S. The van der Waals surface area contributed by atoms with E-state index in [2.05, 4.69) is 6.92 Å². The van der Waals surface area contributed by atoms with Gasteiger partial charge in [0.1, 0.15) is 0 Å². The summed E-state index contributed by atoms with van der Waals surface area (Å²) in [5.74, 6) is 0.486. The van der Waals surface area contributed by atoms with Crippen molar-refractivity contribution in [1.29, 1.82) is 0 Å². The molecule has 0 bridgehead atoms. The molecule has 2 aliphatic rings. The third kappa shape index (κ3) is 3.93. The Labute approximate surface area is 122 Å². The maximum atomic E-state index is 11.6. The number of rotatable bonds is 5. The Bertz CT molecular complexity index is 411. The third-order valence-corrected chi connectivity index (χ3v) is 5.95. The number of nitrogens with zero attached hydrogens (tertiary/aromatic N) is 1. The van der Waals surface area contributed by atoms with Crippen LogP contribution in [0.3, 0.4) is 0 Å². The van der Waals surface area contributed by atoms with Crippen LogP contribution in [0.2, 0.25) is 0 Å². The maximum Gasteiger partial charge on any atom is 0.211 e. The zero-order valence-corrected chi connectivity index (χ0v) is 13.3. The van der Waals surface area contributed by atoms with E-state index >= 15 is 0 Å². The molecule has 2 saturated heterocycles. The summed E-state index contributed by atoms with van der Waals surface area (Å²) in [5, 5.41) is 10.4. The van der Waals surface area contributed by atoms with Gasteiger partial charge >= 0.3 is 0 Å². The minimum atomic E-state index is -3.10. The standard InChI is InChI=1S/C14H27NO4S/c1-3-14-12(6-8-19-14)13(16)9-11-5-4-7-15(10-11)20(2,17)18/h11-14,16H,3-10H2,1-2H3. The lowest BCUT2D eigenvalue weighted by atomic mass is 9.85. The topological polar surface area (TPSA) is 66.8 Å². The van der Waals surface area contributed by atoms with Crippen LogP contribution in [0.25, 0.3) is 0 Å². The molecule has 2 aliphatic heterocycles. The summed E-state index contributed by atoms with van der Waals surface area (Å²) in [6.07, 6.45) is 5.51. The SMILES string of the molecule is CCC1OCCC1C(O)CC1CCCN(S(C)(=O)=O)C1. The van der Waals surface area contributed by atoms with Crippen LogP contribution < -0.4 is 0 Å². The second-order valence-electron chi connectivity index (χ2n) is 6.20. The Morgan fingerprint density at radius 3 is 2.80 bits per heavy atom. The molecule has 0 spiro atoms. The molecule has 4 atom stereocenters. The summed E-state index contributed by atoms with van der Waals surface area (Å²) < 4.78 is 30.4. The van der Waals surface area contributed by atoms with E-state index in [0.717, 1.165) is 32.3 Å². The van der Waals surface area contributed by atoms with Crippen LogP contribution in [0, 0.1) is 11.8 Å². The summed E-state index contributed by atoms with van der Waals surface area (Å²) in [4.78, 5) is 0. The molecule has 118 valence electrons. The maximum absolute atomic E-state index is 11.6. The van der Waals surface area contributed by atoms with Gasteiger partial charge in [-0.15, -0.1) is 0 Å². The van der Waals surface area contributed by atoms with Gasteiger partial charge in [-0.25, -0.2) is 12.7 Å². The Hall–Kier alpha value is -0.170. The Kier molecular flexibility index (Phi) is 5.45. The molecule has 6 heteroatoms. The average molecular weight is 305 g/mol. The first-order chi connectivity index (χ1) is 9.41. The van der Waals surface area contributed by atoms with Gasteiger partial charge in [0.2, 0.25) is 10.0 Å². The molecule has 1 N–H and O–H groups in total. The number of hydrogen-bond donors (Lipinski definition) is 1. The van der Waals surface area contributed by atoms with Crippen LogP contribution in [-0.4, -0.2) is 56.0 Å². The molecule has 5 nitrogen and oxygen atoms in total. The molecule has 0 aromatic rings. The number of ether oxygens (including phenoxy) is 1. The van der Waals surface area contributed by atoms with Crippen molar-refractivity contribution in [3.63, 3.8) is 0 Å². The minimum Gasteiger partial charge on any atom is -0.393 e. The van der Waals surface area contributed by atoms with E-state index in [1.165, 1.54) is 6.26 Å². The van der Waals surface area contributed by atoms with Crippen LogP contribution >= 0.6 is 0 Å². The van der Waals surface area contributed by atoms with E-state index in [1.807, 2.05) is 0 Å². The van der Waals surface area contributed by atoms with Crippen LogP contribution in [0.5, 0.6) is 0 Å². The fourth-order valence-electron chi connectivity index (χ4n) is 3.56. The Balaban J connectivity index is 1.89. The summed E-state index contributed by atoms with van der Waals surface area (Å²) in [7, 11) is -3.10. The molecule has 0 aromatic carbocycles. The number of aliphatic hydroxyl groups is 1. The molecule has 4 unspecified atom stereocenters. The highest BCUT2D eigenvalue weighted by Crippen LogP contribution is 2.31. The van der Waals surface area contributed by atoms with Crippen LogP contribution in [0.1, 0.15) is 39.0 Å². The van der Waals surface area contributed by atoms with Crippen LogP contribution in [0.4, 0.5) is 0 Å². The number of sulfonamides is 1. The highest BCUT2D eigenvalue weighted by atomic mass is 32.2. The number of hydrogen-bond acceptors (Lipinski definition) is 4. The van der Waals surface area contributed by atoms with Gasteiger partial charge in [-0.05, 0) is 38.0 Å². The fraction of sp³-hybridized carbons (Fsp3) is 1.00. The summed E-state index contributed by atoms with van der Waals surface area (Å²) in [6.45, 7) is 4.00. The van der Waals surface area contributed by atoms with E-state index in [0.29, 0.717) is 19.5 Å². The first-order valence-electron chi connectivity index (χ1n) is 7.66. The van der Waals surface area contributed by atoms with E-state index in [-0.39, 0.29) is 24.0 Å². The largest absolute Gasteiger partial charge is 0.393 e. The second-order valence-corrected chi connectivity index (χ2v) is 8.18. The van der Waals surface area contributed by atoms with Crippen LogP contribution in [0.15, 0.2) is 0 Å². The van der Waals surface area contributed by atoms with Crippen molar-refractivity contribution in [2.45, 2.75) is 51.2 Å².